The van der Waals surface area contributed by atoms with Crippen molar-refractivity contribution in [1.82, 2.24) is 9.55 Å². The zero-order valence-corrected chi connectivity index (χ0v) is 15.6. The second-order valence-corrected chi connectivity index (χ2v) is 6.66. The summed E-state index contributed by atoms with van der Waals surface area (Å²) in [5.41, 5.74) is 1.82. The van der Waals surface area contributed by atoms with Crippen molar-refractivity contribution in [3.05, 3.63) is 102 Å². The van der Waals surface area contributed by atoms with E-state index in [4.69, 9.17) is 16.4 Å². The van der Waals surface area contributed by atoms with E-state index in [0.29, 0.717) is 22.8 Å². The summed E-state index contributed by atoms with van der Waals surface area (Å²) < 4.78 is 1.86. The summed E-state index contributed by atoms with van der Waals surface area (Å²) in [6.45, 7) is 0.418. The highest BCUT2D eigenvalue weighted by molar-refractivity contribution is 6.30. The molecule has 0 amide bonds. The van der Waals surface area contributed by atoms with Gasteiger partial charge >= 0.3 is 5.97 Å². The van der Waals surface area contributed by atoms with E-state index < -0.39 is 5.97 Å². The summed E-state index contributed by atoms with van der Waals surface area (Å²) in [7, 11) is 0. The Balaban J connectivity index is 1.66. The molecule has 0 radical (unpaired) electrons. The number of carbonyl (C=O) groups is 1. The number of imidazole rings is 1. The Morgan fingerprint density at radius 3 is 2.64 bits per heavy atom. The molecule has 0 saturated heterocycles. The zero-order valence-electron chi connectivity index (χ0n) is 14.8. The van der Waals surface area contributed by atoms with Crippen LogP contribution in [0.2, 0.25) is 5.02 Å². The number of halogens is 1. The van der Waals surface area contributed by atoms with E-state index in [1.54, 1.807) is 36.8 Å². The number of rotatable bonds is 5. The maximum absolute atomic E-state index is 12.3. The van der Waals surface area contributed by atoms with E-state index in [0.717, 1.165) is 16.3 Å². The van der Waals surface area contributed by atoms with Crippen LogP contribution in [-0.4, -0.2) is 21.2 Å². The minimum Gasteiger partial charge on any atom is -0.331 e. The monoisotopic (exact) mass is 389 g/mol. The van der Waals surface area contributed by atoms with Crippen molar-refractivity contribution in [1.29, 1.82) is 0 Å². The van der Waals surface area contributed by atoms with Gasteiger partial charge in [-0.2, -0.15) is 0 Å². The first-order valence-corrected chi connectivity index (χ1v) is 9.05. The van der Waals surface area contributed by atoms with Crippen molar-refractivity contribution in [2.24, 2.45) is 5.16 Å². The fraction of sp³-hybridized carbons (Fsp3) is 0.0455. The van der Waals surface area contributed by atoms with Crippen molar-refractivity contribution >= 4 is 34.1 Å². The van der Waals surface area contributed by atoms with Gasteiger partial charge in [0.25, 0.3) is 0 Å². The summed E-state index contributed by atoms with van der Waals surface area (Å²) >= 11 is 5.94. The lowest BCUT2D eigenvalue weighted by Crippen LogP contribution is -2.13. The number of nitrogens with zero attached hydrogens (tertiary/aromatic N) is 3. The second kappa shape index (κ2) is 8.06. The SMILES string of the molecule is O=C(O/N=C(\Cn1ccnc1)c1ccc2ccccc2c1)c1cccc(Cl)c1. The molecule has 0 fully saturated rings. The Hall–Kier alpha value is -3.44. The molecule has 138 valence electrons. The van der Waals surface area contributed by atoms with Crippen molar-refractivity contribution in [2.45, 2.75) is 6.54 Å². The molecule has 5 nitrogen and oxygen atoms in total. The molecule has 4 aromatic rings. The summed E-state index contributed by atoms with van der Waals surface area (Å²) in [6, 6.07) is 20.6. The third-order valence-corrected chi connectivity index (χ3v) is 4.51. The van der Waals surface area contributed by atoms with Gasteiger partial charge in [0.1, 0.15) is 5.71 Å². The second-order valence-electron chi connectivity index (χ2n) is 6.22. The van der Waals surface area contributed by atoms with Crippen LogP contribution in [0.25, 0.3) is 10.8 Å². The minimum atomic E-state index is -0.563. The highest BCUT2D eigenvalue weighted by Crippen LogP contribution is 2.17. The molecule has 0 aliphatic carbocycles. The molecule has 0 N–H and O–H groups in total. The molecule has 0 spiro atoms. The molecule has 0 aliphatic heterocycles. The minimum absolute atomic E-state index is 0.344. The molecule has 4 rings (SSSR count). The Bertz CT molecular complexity index is 1150. The summed E-state index contributed by atoms with van der Waals surface area (Å²) in [5.74, 6) is -0.563. The van der Waals surface area contributed by atoms with Gasteiger partial charge < -0.3 is 9.40 Å². The van der Waals surface area contributed by atoms with Crippen LogP contribution in [0.5, 0.6) is 0 Å². The molecule has 6 heteroatoms. The molecule has 0 atom stereocenters. The Labute approximate surface area is 166 Å². The average Bonchev–Trinajstić information content (AvgIpc) is 3.23. The Kier molecular flexibility index (Phi) is 5.17. The van der Waals surface area contributed by atoms with E-state index in [1.165, 1.54) is 0 Å². The van der Waals surface area contributed by atoms with Crippen molar-refractivity contribution in [3.63, 3.8) is 0 Å². The molecular formula is C22H16ClN3O2. The molecule has 0 saturated carbocycles. The predicted octanol–water partition coefficient (Wildman–Crippen LogP) is 4.95. The largest absolute Gasteiger partial charge is 0.365 e. The van der Waals surface area contributed by atoms with E-state index in [9.17, 15) is 4.79 Å². The normalized spacial score (nSPS) is 11.5. The van der Waals surface area contributed by atoms with Crippen LogP contribution in [0.4, 0.5) is 0 Å². The lowest BCUT2D eigenvalue weighted by Gasteiger charge is -2.09. The molecule has 1 heterocycles. The van der Waals surface area contributed by atoms with Gasteiger partial charge in [-0.15, -0.1) is 0 Å². The highest BCUT2D eigenvalue weighted by atomic mass is 35.5. The molecule has 3 aromatic carbocycles. The van der Waals surface area contributed by atoms with Crippen LogP contribution in [0, 0.1) is 0 Å². The smallest absolute Gasteiger partial charge is 0.331 e. The van der Waals surface area contributed by atoms with Gasteiger partial charge in [0, 0.05) is 23.0 Å². The topological polar surface area (TPSA) is 56.5 Å². The van der Waals surface area contributed by atoms with Crippen LogP contribution >= 0.6 is 11.6 Å². The number of benzene rings is 3. The molecule has 1 aromatic heterocycles. The van der Waals surface area contributed by atoms with Gasteiger partial charge in [0.05, 0.1) is 18.4 Å². The highest BCUT2D eigenvalue weighted by Gasteiger charge is 2.11. The molecule has 28 heavy (non-hydrogen) atoms. The van der Waals surface area contributed by atoms with Crippen LogP contribution in [0.1, 0.15) is 15.9 Å². The first kappa shape index (κ1) is 17.9. The number of aromatic nitrogens is 2. The van der Waals surface area contributed by atoms with Gasteiger partial charge in [-0.3, -0.25) is 0 Å². The van der Waals surface area contributed by atoms with Crippen LogP contribution in [-0.2, 0) is 11.4 Å². The number of carbonyl (C=O) groups excluding carboxylic acids is 1. The first-order valence-electron chi connectivity index (χ1n) is 8.68. The quantitative estimate of drug-likeness (QED) is 0.275. The Morgan fingerprint density at radius 2 is 1.86 bits per heavy atom. The van der Waals surface area contributed by atoms with Gasteiger partial charge in [-0.25, -0.2) is 9.78 Å². The molecular weight excluding hydrogens is 374 g/mol. The van der Waals surface area contributed by atoms with Crippen LogP contribution in [0.3, 0.4) is 0 Å². The standard InChI is InChI=1S/C22H16ClN3O2/c23-20-7-3-6-19(13-20)22(27)28-25-21(14-26-11-10-24-15-26)18-9-8-16-4-1-2-5-17(16)12-18/h1-13,15H,14H2/b25-21+. The number of hydrogen-bond donors (Lipinski definition) is 0. The molecule has 0 aliphatic rings. The van der Waals surface area contributed by atoms with E-state index >= 15 is 0 Å². The van der Waals surface area contributed by atoms with Gasteiger partial charge in [0.15, 0.2) is 0 Å². The van der Waals surface area contributed by atoms with Gasteiger partial charge in [-0.1, -0.05) is 59.2 Å². The predicted molar refractivity (Wildman–Crippen MR) is 110 cm³/mol. The summed E-state index contributed by atoms with van der Waals surface area (Å²) in [4.78, 5) is 21.6. The van der Waals surface area contributed by atoms with Crippen molar-refractivity contribution in [3.8, 4) is 0 Å². The molecule has 0 bridgehead atoms. The number of fused-ring (bicyclic) bond motifs is 1. The summed E-state index contributed by atoms with van der Waals surface area (Å²) in [5, 5.41) is 6.83. The molecule has 0 unspecified atom stereocenters. The maximum atomic E-state index is 12.3. The van der Waals surface area contributed by atoms with Gasteiger partial charge in [-0.05, 0) is 35.0 Å². The lowest BCUT2D eigenvalue weighted by atomic mass is 10.0. The van der Waals surface area contributed by atoms with E-state index in [1.807, 2.05) is 53.2 Å². The maximum Gasteiger partial charge on any atom is 0.365 e. The third kappa shape index (κ3) is 4.10. The van der Waals surface area contributed by atoms with Gasteiger partial charge in [0.2, 0.25) is 0 Å². The fourth-order valence-electron chi connectivity index (χ4n) is 2.86. The Morgan fingerprint density at radius 1 is 1.00 bits per heavy atom. The van der Waals surface area contributed by atoms with Crippen molar-refractivity contribution < 1.29 is 9.63 Å². The lowest BCUT2D eigenvalue weighted by molar-refractivity contribution is 0.0515. The number of hydrogen-bond acceptors (Lipinski definition) is 4. The van der Waals surface area contributed by atoms with E-state index in [-0.39, 0.29) is 0 Å². The first-order chi connectivity index (χ1) is 13.7. The van der Waals surface area contributed by atoms with E-state index in [2.05, 4.69) is 10.1 Å². The number of oxime groups is 1. The average molecular weight is 390 g/mol. The fourth-order valence-corrected chi connectivity index (χ4v) is 3.05. The van der Waals surface area contributed by atoms with Crippen LogP contribution < -0.4 is 0 Å². The summed E-state index contributed by atoms with van der Waals surface area (Å²) in [6.07, 6.45) is 5.21. The van der Waals surface area contributed by atoms with Crippen LogP contribution in [0.15, 0.2) is 90.6 Å². The van der Waals surface area contributed by atoms with Crippen molar-refractivity contribution in [2.75, 3.05) is 0 Å². The zero-order chi connectivity index (χ0) is 19.3. The third-order valence-electron chi connectivity index (χ3n) is 4.27.